The molecule has 0 radical (unpaired) electrons. The first-order chi connectivity index (χ1) is 9.58. The maximum Gasteiger partial charge on any atom is 0.226 e. The van der Waals surface area contributed by atoms with Gasteiger partial charge in [0.15, 0.2) is 11.6 Å². The summed E-state index contributed by atoms with van der Waals surface area (Å²) < 4.78 is 24.1. The monoisotopic (exact) mass is 281 g/mol. The average Bonchev–Trinajstić information content (AvgIpc) is 2.43. The molecule has 2 atom stereocenters. The van der Waals surface area contributed by atoms with Crippen LogP contribution in [-0.2, 0) is 9.53 Å². The molecule has 1 aliphatic heterocycles. The van der Waals surface area contributed by atoms with E-state index in [0.29, 0.717) is 13.2 Å². The molecule has 4 nitrogen and oxygen atoms in total. The second kappa shape index (κ2) is 6.70. The first-order valence-corrected chi connectivity index (χ1v) is 6.86. The van der Waals surface area contributed by atoms with Crippen LogP contribution in [0.2, 0.25) is 0 Å². The van der Waals surface area contributed by atoms with Gasteiger partial charge in [0.1, 0.15) is 0 Å². The fourth-order valence-corrected chi connectivity index (χ4v) is 2.20. The summed E-state index contributed by atoms with van der Waals surface area (Å²) in [4.78, 5) is 13.9. The van der Waals surface area contributed by atoms with Crippen molar-refractivity contribution >= 4 is 5.91 Å². The molecule has 1 fully saturated rings. The molecule has 1 aromatic rings. The van der Waals surface area contributed by atoms with Crippen LogP contribution in [-0.4, -0.2) is 42.7 Å². The Bertz CT molecular complexity index is 466. The first-order valence-electron chi connectivity index (χ1n) is 6.86. The van der Waals surface area contributed by atoms with Gasteiger partial charge in [-0.25, -0.2) is 4.39 Å². The van der Waals surface area contributed by atoms with Gasteiger partial charge in [-0.1, -0.05) is 12.1 Å². The highest BCUT2D eigenvalue weighted by atomic mass is 19.1. The highest BCUT2D eigenvalue weighted by Gasteiger charge is 2.27. The molecule has 5 heteroatoms. The van der Waals surface area contributed by atoms with Gasteiger partial charge < -0.3 is 14.4 Å². The van der Waals surface area contributed by atoms with Crippen molar-refractivity contribution in [1.82, 2.24) is 4.90 Å². The van der Waals surface area contributed by atoms with Gasteiger partial charge in [0, 0.05) is 6.54 Å². The maximum atomic E-state index is 13.3. The number of hydrogen-bond acceptors (Lipinski definition) is 3. The number of benzene rings is 1. The van der Waals surface area contributed by atoms with Gasteiger partial charge in [-0.15, -0.1) is 0 Å². The number of carbonyl (C=O) groups is 1. The van der Waals surface area contributed by atoms with Crippen molar-refractivity contribution in [3.05, 3.63) is 30.1 Å². The molecular formula is C15H20FNO3. The third-order valence-corrected chi connectivity index (χ3v) is 3.34. The largest absolute Gasteiger partial charge is 0.490 e. The minimum Gasteiger partial charge on any atom is -0.490 e. The number of nitrogens with zero attached hydrogens (tertiary/aromatic N) is 1. The Morgan fingerprint density at radius 3 is 2.95 bits per heavy atom. The van der Waals surface area contributed by atoms with Crippen molar-refractivity contribution in [2.75, 3.05) is 19.8 Å². The lowest BCUT2D eigenvalue weighted by molar-refractivity contribution is -0.143. The molecule has 0 saturated carbocycles. The summed E-state index contributed by atoms with van der Waals surface area (Å²) in [5.41, 5.74) is 0. The summed E-state index contributed by atoms with van der Waals surface area (Å²) in [7, 11) is 0. The summed E-state index contributed by atoms with van der Waals surface area (Å²) >= 11 is 0. The van der Waals surface area contributed by atoms with Crippen LogP contribution in [0, 0.1) is 5.82 Å². The average molecular weight is 281 g/mol. The van der Waals surface area contributed by atoms with Crippen LogP contribution in [0.3, 0.4) is 0 Å². The molecular weight excluding hydrogens is 261 g/mol. The Morgan fingerprint density at radius 1 is 1.45 bits per heavy atom. The van der Waals surface area contributed by atoms with Gasteiger partial charge in [-0.2, -0.15) is 0 Å². The molecule has 1 heterocycles. The van der Waals surface area contributed by atoms with Crippen LogP contribution in [0.15, 0.2) is 24.3 Å². The van der Waals surface area contributed by atoms with Gasteiger partial charge in [0.2, 0.25) is 5.91 Å². The standard InChI is InChI=1S/C15H20FNO3/c1-11-10-20-12(2)9-17(11)15(18)7-8-19-14-6-4-3-5-13(14)16/h3-6,11-12H,7-10H2,1-2H3/t11-,12-/m0/s1. The summed E-state index contributed by atoms with van der Waals surface area (Å²) in [6.07, 6.45) is 0.299. The zero-order chi connectivity index (χ0) is 14.5. The maximum absolute atomic E-state index is 13.3. The predicted octanol–water partition coefficient (Wildman–Crippen LogP) is 2.23. The minimum absolute atomic E-state index is 0.0176. The second-order valence-corrected chi connectivity index (χ2v) is 5.07. The Labute approximate surface area is 118 Å². The molecule has 0 bridgehead atoms. The van der Waals surface area contributed by atoms with Gasteiger partial charge in [0.05, 0.1) is 31.8 Å². The summed E-state index contributed by atoms with van der Waals surface area (Å²) in [6.45, 7) is 5.24. The Balaban J connectivity index is 1.82. The zero-order valence-electron chi connectivity index (χ0n) is 11.8. The van der Waals surface area contributed by atoms with Gasteiger partial charge in [-0.05, 0) is 26.0 Å². The van der Waals surface area contributed by atoms with E-state index in [2.05, 4.69) is 0 Å². The van der Waals surface area contributed by atoms with E-state index in [4.69, 9.17) is 9.47 Å². The van der Waals surface area contributed by atoms with Crippen LogP contribution < -0.4 is 4.74 Å². The molecule has 1 aliphatic rings. The number of amides is 1. The molecule has 1 saturated heterocycles. The van der Waals surface area contributed by atoms with Crippen LogP contribution in [0.1, 0.15) is 20.3 Å². The van der Waals surface area contributed by atoms with E-state index in [1.165, 1.54) is 6.07 Å². The van der Waals surface area contributed by atoms with Crippen molar-refractivity contribution in [2.45, 2.75) is 32.4 Å². The van der Waals surface area contributed by atoms with Crippen LogP contribution in [0.4, 0.5) is 4.39 Å². The van der Waals surface area contributed by atoms with Gasteiger partial charge in [-0.3, -0.25) is 4.79 Å². The van der Waals surface area contributed by atoms with E-state index in [0.717, 1.165) is 0 Å². The number of halogens is 1. The molecule has 1 amide bonds. The Morgan fingerprint density at radius 2 is 2.20 bits per heavy atom. The van der Waals surface area contributed by atoms with Crippen molar-refractivity contribution in [3.63, 3.8) is 0 Å². The van der Waals surface area contributed by atoms with E-state index < -0.39 is 5.82 Å². The highest BCUT2D eigenvalue weighted by molar-refractivity contribution is 5.76. The number of ether oxygens (including phenoxy) is 2. The fourth-order valence-electron chi connectivity index (χ4n) is 2.20. The number of morpholine rings is 1. The normalized spacial score (nSPS) is 22.6. The van der Waals surface area contributed by atoms with Crippen molar-refractivity contribution in [1.29, 1.82) is 0 Å². The van der Waals surface area contributed by atoms with Crippen LogP contribution >= 0.6 is 0 Å². The molecule has 1 aromatic carbocycles. The van der Waals surface area contributed by atoms with Gasteiger partial charge >= 0.3 is 0 Å². The smallest absolute Gasteiger partial charge is 0.226 e. The van der Waals surface area contributed by atoms with Gasteiger partial charge in [0.25, 0.3) is 0 Å². The molecule has 0 aliphatic carbocycles. The molecule has 110 valence electrons. The number of rotatable bonds is 4. The molecule has 0 aromatic heterocycles. The van der Waals surface area contributed by atoms with E-state index in [-0.39, 0.29) is 36.8 Å². The van der Waals surface area contributed by atoms with E-state index >= 15 is 0 Å². The lowest BCUT2D eigenvalue weighted by atomic mass is 10.2. The number of para-hydroxylation sites is 1. The summed E-state index contributed by atoms with van der Waals surface area (Å²) in [5, 5.41) is 0. The Kier molecular flexibility index (Phi) is 4.95. The molecule has 0 N–H and O–H groups in total. The summed E-state index contributed by atoms with van der Waals surface area (Å²) in [5.74, 6) is -0.207. The topological polar surface area (TPSA) is 38.8 Å². The molecule has 20 heavy (non-hydrogen) atoms. The predicted molar refractivity (Wildman–Crippen MR) is 73.1 cm³/mol. The Hall–Kier alpha value is -1.62. The lowest BCUT2D eigenvalue weighted by Crippen LogP contribution is -2.50. The van der Waals surface area contributed by atoms with E-state index in [1.54, 1.807) is 23.1 Å². The number of carbonyl (C=O) groups excluding carboxylic acids is 1. The SMILES string of the molecule is C[C@H]1CN(C(=O)CCOc2ccccc2F)[C@@H](C)CO1. The zero-order valence-corrected chi connectivity index (χ0v) is 11.8. The lowest BCUT2D eigenvalue weighted by Gasteiger charge is -2.36. The molecule has 2 rings (SSSR count). The minimum atomic E-state index is -0.409. The first kappa shape index (κ1) is 14.8. The van der Waals surface area contributed by atoms with Crippen LogP contribution in [0.25, 0.3) is 0 Å². The molecule has 0 unspecified atom stereocenters. The van der Waals surface area contributed by atoms with Crippen molar-refractivity contribution in [3.8, 4) is 5.75 Å². The van der Waals surface area contributed by atoms with Crippen LogP contribution in [0.5, 0.6) is 5.75 Å². The van der Waals surface area contributed by atoms with Crippen molar-refractivity contribution < 1.29 is 18.7 Å². The van der Waals surface area contributed by atoms with E-state index in [1.807, 2.05) is 13.8 Å². The van der Waals surface area contributed by atoms with E-state index in [9.17, 15) is 9.18 Å². The highest BCUT2D eigenvalue weighted by Crippen LogP contribution is 2.16. The summed E-state index contributed by atoms with van der Waals surface area (Å²) in [6, 6.07) is 6.27. The third-order valence-electron chi connectivity index (χ3n) is 3.34. The number of hydrogen-bond donors (Lipinski definition) is 0. The third kappa shape index (κ3) is 3.70. The van der Waals surface area contributed by atoms with Crippen molar-refractivity contribution in [2.24, 2.45) is 0 Å². The second-order valence-electron chi connectivity index (χ2n) is 5.07. The quantitative estimate of drug-likeness (QED) is 0.849. The molecule has 0 spiro atoms. The fraction of sp³-hybridized carbons (Fsp3) is 0.533.